The second-order valence-corrected chi connectivity index (χ2v) is 9.78. The molecule has 0 amide bonds. The number of aryl methyl sites for hydroxylation is 1. The molecule has 35 heavy (non-hydrogen) atoms. The number of hydrogen-bond acceptors (Lipinski definition) is 7. The maximum Gasteiger partial charge on any atom is 0.227 e. The zero-order valence-corrected chi connectivity index (χ0v) is 20.9. The van der Waals surface area contributed by atoms with Crippen LogP contribution in [-0.2, 0) is 0 Å². The Balaban J connectivity index is 1.46. The highest BCUT2D eigenvalue weighted by Crippen LogP contribution is 2.26. The molecule has 1 aliphatic heterocycles. The molecule has 0 unspecified atom stereocenters. The van der Waals surface area contributed by atoms with Gasteiger partial charge in [-0.1, -0.05) is 38.1 Å². The molecule has 3 aromatic rings. The number of anilines is 2. The summed E-state index contributed by atoms with van der Waals surface area (Å²) in [7, 11) is 2.15. The van der Waals surface area contributed by atoms with Crippen molar-refractivity contribution in [2.45, 2.75) is 46.1 Å². The molecule has 1 aromatic carbocycles. The lowest BCUT2D eigenvalue weighted by atomic mass is 9.90. The molecule has 1 atom stereocenters. The first kappa shape index (κ1) is 24.6. The number of ketones is 1. The van der Waals surface area contributed by atoms with Gasteiger partial charge in [0, 0.05) is 29.9 Å². The number of nitrogens with zero attached hydrogens (tertiary/aromatic N) is 6. The number of piperidine rings is 1. The smallest absolute Gasteiger partial charge is 0.227 e. The maximum atomic E-state index is 12.6. The Hall–Kier alpha value is -3.57. The van der Waals surface area contributed by atoms with Gasteiger partial charge in [-0.2, -0.15) is 10.4 Å². The van der Waals surface area contributed by atoms with Crippen LogP contribution in [0.25, 0.3) is 11.3 Å². The number of nitriles is 1. The number of rotatable bonds is 8. The van der Waals surface area contributed by atoms with E-state index in [1.807, 2.05) is 62.1 Å². The average Bonchev–Trinajstić information content (AvgIpc) is 3.32. The van der Waals surface area contributed by atoms with Gasteiger partial charge in [-0.3, -0.25) is 9.48 Å². The van der Waals surface area contributed by atoms with E-state index in [2.05, 4.69) is 33.4 Å². The number of Topliss-reactive ketones (excluding diaryl/α,β-unsaturated/α-hetero) is 1. The van der Waals surface area contributed by atoms with Crippen LogP contribution in [0, 0.1) is 30.1 Å². The van der Waals surface area contributed by atoms with Gasteiger partial charge in [0.15, 0.2) is 5.78 Å². The van der Waals surface area contributed by atoms with E-state index in [4.69, 9.17) is 4.98 Å². The molecule has 2 aromatic heterocycles. The van der Waals surface area contributed by atoms with Gasteiger partial charge >= 0.3 is 0 Å². The fourth-order valence-electron chi connectivity index (χ4n) is 4.35. The van der Waals surface area contributed by atoms with E-state index < -0.39 is 0 Å². The zero-order valence-electron chi connectivity index (χ0n) is 20.9. The van der Waals surface area contributed by atoms with E-state index in [0.717, 1.165) is 48.4 Å². The van der Waals surface area contributed by atoms with E-state index in [1.165, 1.54) is 0 Å². The van der Waals surface area contributed by atoms with Crippen molar-refractivity contribution in [3.63, 3.8) is 0 Å². The molecule has 1 fully saturated rings. The monoisotopic (exact) mass is 471 g/mol. The topological polar surface area (TPSA) is 99.7 Å². The van der Waals surface area contributed by atoms with Crippen LogP contribution >= 0.6 is 0 Å². The van der Waals surface area contributed by atoms with Crippen molar-refractivity contribution < 1.29 is 4.79 Å². The summed E-state index contributed by atoms with van der Waals surface area (Å²) in [4.78, 5) is 24.2. The van der Waals surface area contributed by atoms with Crippen LogP contribution < -0.4 is 5.32 Å². The minimum absolute atomic E-state index is 0.0137. The third kappa shape index (κ3) is 5.92. The van der Waals surface area contributed by atoms with Crippen molar-refractivity contribution in [2.75, 3.05) is 25.5 Å². The van der Waals surface area contributed by atoms with E-state index >= 15 is 0 Å². The van der Waals surface area contributed by atoms with Crippen LogP contribution in [-0.4, -0.2) is 50.6 Å². The quantitative estimate of drug-likeness (QED) is 0.460. The number of nitrogens with one attached hydrogen (secondary N) is 1. The van der Waals surface area contributed by atoms with Crippen molar-refractivity contribution in [2.24, 2.45) is 11.8 Å². The van der Waals surface area contributed by atoms with Crippen molar-refractivity contribution in [3.8, 4) is 17.3 Å². The third-order valence-electron chi connectivity index (χ3n) is 6.75. The molecule has 1 saturated heterocycles. The first-order chi connectivity index (χ1) is 16.8. The number of carbonyl (C=O) groups is 1. The highest BCUT2D eigenvalue weighted by molar-refractivity contribution is 5.96. The summed E-state index contributed by atoms with van der Waals surface area (Å²) in [6, 6.07) is 10.1. The predicted octanol–water partition coefficient (Wildman–Crippen LogP) is 5.03. The Bertz CT molecular complexity index is 1200. The van der Waals surface area contributed by atoms with Crippen LogP contribution in [0.15, 0.2) is 42.9 Å². The highest BCUT2D eigenvalue weighted by Gasteiger charge is 2.20. The molecule has 0 spiro atoms. The second-order valence-electron chi connectivity index (χ2n) is 9.78. The lowest BCUT2D eigenvalue weighted by Gasteiger charge is -2.28. The summed E-state index contributed by atoms with van der Waals surface area (Å²) in [5.74, 6) is 0.362. The van der Waals surface area contributed by atoms with Crippen LogP contribution in [0.4, 0.5) is 11.6 Å². The van der Waals surface area contributed by atoms with Crippen molar-refractivity contribution in [1.82, 2.24) is 24.6 Å². The van der Waals surface area contributed by atoms with Crippen LogP contribution in [0.5, 0.6) is 0 Å². The van der Waals surface area contributed by atoms with E-state index in [0.29, 0.717) is 17.6 Å². The summed E-state index contributed by atoms with van der Waals surface area (Å²) >= 11 is 0. The molecule has 1 N–H and O–H groups in total. The van der Waals surface area contributed by atoms with E-state index in [9.17, 15) is 10.1 Å². The number of likely N-dealkylation sites (tertiary alicyclic amines) is 1. The molecule has 8 nitrogen and oxygen atoms in total. The zero-order chi connectivity index (χ0) is 24.9. The summed E-state index contributed by atoms with van der Waals surface area (Å²) in [5, 5.41) is 17.1. The first-order valence-electron chi connectivity index (χ1n) is 12.2. The van der Waals surface area contributed by atoms with Crippen molar-refractivity contribution in [3.05, 3.63) is 54.0 Å². The molecule has 4 rings (SSSR count). The molecule has 1 aliphatic rings. The first-order valence-corrected chi connectivity index (χ1v) is 12.2. The summed E-state index contributed by atoms with van der Waals surface area (Å²) in [6.07, 6.45) is 8.05. The number of aromatic nitrogens is 4. The molecule has 3 heterocycles. The lowest BCUT2D eigenvalue weighted by molar-refractivity contribution is 0.0962. The minimum Gasteiger partial charge on any atom is -0.321 e. The van der Waals surface area contributed by atoms with Gasteiger partial charge in [0.1, 0.15) is 0 Å². The molecule has 8 heteroatoms. The van der Waals surface area contributed by atoms with E-state index in [1.54, 1.807) is 6.20 Å². The summed E-state index contributed by atoms with van der Waals surface area (Å²) in [6.45, 7) is 8.06. The maximum absolute atomic E-state index is 12.6. The average molecular weight is 472 g/mol. The Morgan fingerprint density at radius 2 is 1.91 bits per heavy atom. The van der Waals surface area contributed by atoms with Gasteiger partial charge in [0.25, 0.3) is 0 Å². The molecule has 0 bridgehead atoms. The van der Waals surface area contributed by atoms with Crippen molar-refractivity contribution in [1.29, 1.82) is 5.26 Å². The molecular formula is C27H33N7O. The minimum atomic E-state index is -0.274. The van der Waals surface area contributed by atoms with Crippen LogP contribution in [0.3, 0.4) is 0 Å². The molecule has 182 valence electrons. The summed E-state index contributed by atoms with van der Waals surface area (Å²) in [5.41, 5.74) is 4.13. The number of benzene rings is 1. The standard InChI is InChI=1S/C27H33N7O/c1-18(2)22(14-28)13-25(35)20-5-7-21(8-6-20)26-19(3)15-29-27(32-26)31-23-16-30-34(17-23)24-9-11-33(4)12-10-24/h5-8,15-18,22,24H,9-13H2,1-4H3,(H,29,31,32)/t22-/m1/s1. The SMILES string of the molecule is Cc1cnc(Nc2cnn(C3CCN(C)CC3)c2)nc1-c1ccc(C(=O)C[C@H](C#N)C(C)C)cc1. The van der Waals surface area contributed by atoms with Gasteiger partial charge in [-0.25, -0.2) is 9.97 Å². The second kappa shape index (κ2) is 10.8. The van der Waals surface area contributed by atoms with Gasteiger partial charge in [0.2, 0.25) is 5.95 Å². The Labute approximate surface area is 207 Å². The number of carbonyl (C=O) groups excluding carboxylic acids is 1. The van der Waals surface area contributed by atoms with Gasteiger partial charge in [0.05, 0.1) is 35.6 Å². The van der Waals surface area contributed by atoms with Gasteiger partial charge < -0.3 is 10.2 Å². The van der Waals surface area contributed by atoms with Crippen LogP contribution in [0.1, 0.15) is 55.1 Å². The van der Waals surface area contributed by atoms with Crippen LogP contribution in [0.2, 0.25) is 0 Å². The fraction of sp³-hybridized carbons (Fsp3) is 0.444. The predicted molar refractivity (Wildman–Crippen MR) is 136 cm³/mol. The Morgan fingerprint density at radius 1 is 1.20 bits per heavy atom. The van der Waals surface area contributed by atoms with E-state index in [-0.39, 0.29) is 24.0 Å². The molecule has 0 radical (unpaired) electrons. The van der Waals surface area contributed by atoms with Gasteiger partial charge in [-0.15, -0.1) is 0 Å². The van der Waals surface area contributed by atoms with Crippen molar-refractivity contribution >= 4 is 17.4 Å². The Morgan fingerprint density at radius 3 is 2.57 bits per heavy atom. The molecule has 0 saturated carbocycles. The number of hydrogen-bond donors (Lipinski definition) is 1. The molecular weight excluding hydrogens is 438 g/mol. The highest BCUT2D eigenvalue weighted by atomic mass is 16.1. The fourth-order valence-corrected chi connectivity index (χ4v) is 4.35. The Kier molecular flexibility index (Phi) is 7.57. The normalized spacial score (nSPS) is 15.7. The third-order valence-corrected chi connectivity index (χ3v) is 6.75. The molecule has 0 aliphatic carbocycles. The largest absolute Gasteiger partial charge is 0.321 e. The lowest BCUT2D eigenvalue weighted by Crippen LogP contribution is -2.31. The summed E-state index contributed by atoms with van der Waals surface area (Å²) < 4.78 is 2.04. The van der Waals surface area contributed by atoms with Gasteiger partial charge in [-0.05, 0) is 51.4 Å².